The lowest BCUT2D eigenvalue weighted by Gasteiger charge is -2.38. The van der Waals surface area contributed by atoms with E-state index in [1.807, 2.05) is 11.8 Å². The molecule has 2 saturated heterocycles. The van der Waals surface area contributed by atoms with Crippen molar-refractivity contribution in [3.05, 3.63) is 0 Å². The van der Waals surface area contributed by atoms with Crippen LogP contribution in [0.3, 0.4) is 0 Å². The second kappa shape index (κ2) is 8.13. The first-order valence-electron chi connectivity index (χ1n) is 9.99. The fraction of sp³-hybridized carbons (Fsp3) is 0.895. The molecule has 1 unspecified atom stereocenters. The molecule has 1 aliphatic carbocycles. The van der Waals surface area contributed by atoms with Crippen molar-refractivity contribution < 1.29 is 14.3 Å². The Labute approximate surface area is 157 Å². The summed E-state index contributed by atoms with van der Waals surface area (Å²) in [6, 6.07) is 0.946. The van der Waals surface area contributed by atoms with Crippen LogP contribution in [0.2, 0.25) is 0 Å². The monoisotopic (exact) mass is 366 g/mol. The molecule has 7 nitrogen and oxygen atoms in total. The van der Waals surface area contributed by atoms with Gasteiger partial charge in [0, 0.05) is 71.0 Å². The van der Waals surface area contributed by atoms with Crippen LogP contribution in [-0.2, 0) is 9.53 Å². The second-order valence-electron chi connectivity index (χ2n) is 8.46. The van der Waals surface area contributed by atoms with E-state index >= 15 is 0 Å². The van der Waals surface area contributed by atoms with Crippen molar-refractivity contribution in [2.75, 3.05) is 53.5 Å². The van der Waals surface area contributed by atoms with Gasteiger partial charge < -0.3 is 19.9 Å². The van der Waals surface area contributed by atoms with E-state index in [4.69, 9.17) is 4.74 Å². The normalized spacial score (nSPS) is 25.4. The Kier molecular flexibility index (Phi) is 6.07. The van der Waals surface area contributed by atoms with Crippen molar-refractivity contribution in [1.82, 2.24) is 20.0 Å². The molecule has 3 fully saturated rings. The van der Waals surface area contributed by atoms with Gasteiger partial charge in [-0.1, -0.05) is 6.92 Å². The van der Waals surface area contributed by atoms with Crippen LogP contribution in [0.4, 0.5) is 4.79 Å². The van der Waals surface area contributed by atoms with Crippen molar-refractivity contribution in [2.24, 2.45) is 5.41 Å². The van der Waals surface area contributed by atoms with E-state index in [0.717, 1.165) is 65.0 Å². The smallest absolute Gasteiger partial charge is 0.319 e. The quantitative estimate of drug-likeness (QED) is 0.766. The molecule has 3 rings (SSSR count). The summed E-state index contributed by atoms with van der Waals surface area (Å²) in [5.41, 5.74) is -0.119. The molecular weight excluding hydrogens is 332 g/mol. The Morgan fingerprint density at radius 1 is 1.15 bits per heavy atom. The lowest BCUT2D eigenvalue weighted by molar-refractivity contribution is -0.125. The second-order valence-corrected chi connectivity index (χ2v) is 8.46. The Hall–Kier alpha value is -1.34. The zero-order valence-electron chi connectivity index (χ0n) is 16.5. The van der Waals surface area contributed by atoms with Gasteiger partial charge in [-0.15, -0.1) is 0 Å². The van der Waals surface area contributed by atoms with E-state index in [1.165, 1.54) is 0 Å². The molecule has 0 aromatic rings. The number of urea groups is 1. The maximum Gasteiger partial charge on any atom is 0.319 e. The van der Waals surface area contributed by atoms with E-state index in [9.17, 15) is 9.59 Å². The van der Waals surface area contributed by atoms with Crippen molar-refractivity contribution in [1.29, 1.82) is 0 Å². The fourth-order valence-corrected chi connectivity index (χ4v) is 4.08. The highest BCUT2D eigenvalue weighted by Gasteiger charge is 2.44. The molecule has 2 aliphatic heterocycles. The third-order valence-electron chi connectivity index (χ3n) is 6.15. The molecule has 148 valence electrons. The summed E-state index contributed by atoms with van der Waals surface area (Å²) < 4.78 is 5.53. The summed E-state index contributed by atoms with van der Waals surface area (Å²) in [4.78, 5) is 30.6. The average Bonchev–Trinajstić information content (AvgIpc) is 3.21. The molecule has 26 heavy (non-hydrogen) atoms. The molecule has 3 aliphatic rings. The van der Waals surface area contributed by atoms with Crippen molar-refractivity contribution in [3.8, 4) is 0 Å². The number of carbonyl (C=O) groups is 2. The SMILES string of the molecule is CN(C)C(=O)N1CCC(N(CCNC(=O)C2(C)CC2)C2CCOCC2)C1. The minimum atomic E-state index is -0.119. The first-order chi connectivity index (χ1) is 12.4. The van der Waals surface area contributed by atoms with Crippen LogP contribution >= 0.6 is 0 Å². The van der Waals surface area contributed by atoms with Crippen LogP contribution < -0.4 is 5.32 Å². The van der Waals surface area contributed by atoms with Gasteiger partial charge in [-0.2, -0.15) is 0 Å². The van der Waals surface area contributed by atoms with Crippen LogP contribution in [0.25, 0.3) is 0 Å². The maximum absolute atomic E-state index is 12.3. The summed E-state index contributed by atoms with van der Waals surface area (Å²) in [6.45, 7) is 6.77. The van der Waals surface area contributed by atoms with Gasteiger partial charge in [0.25, 0.3) is 0 Å². The summed E-state index contributed by atoms with van der Waals surface area (Å²) >= 11 is 0. The summed E-state index contributed by atoms with van der Waals surface area (Å²) in [5.74, 6) is 0.195. The maximum atomic E-state index is 12.3. The number of likely N-dealkylation sites (tertiary alicyclic amines) is 1. The average molecular weight is 367 g/mol. The molecule has 0 bridgehead atoms. The first-order valence-corrected chi connectivity index (χ1v) is 9.99. The third kappa shape index (κ3) is 4.49. The molecule has 2 heterocycles. The highest BCUT2D eigenvalue weighted by Crippen LogP contribution is 2.44. The van der Waals surface area contributed by atoms with Crippen LogP contribution in [-0.4, -0.2) is 92.2 Å². The summed E-state index contributed by atoms with van der Waals surface area (Å²) in [7, 11) is 3.61. The van der Waals surface area contributed by atoms with Gasteiger partial charge in [-0.3, -0.25) is 9.69 Å². The van der Waals surface area contributed by atoms with Gasteiger partial charge in [0.15, 0.2) is 0 Å². The largest absolute Gasteiger partial charge is 0.381 e. The van der Waals surface area contributed by atoms with Crippen molar-refractivity contribution in [3.63, 3.8) is 0 Å². The number of carbonyl (C=O) groups excluding carboxylic acids is 2. The van der Waals surface area contributed by atoms with Gasteiger partial charge in [0.1, 0.15) is 0 Å². The number of hydrogen-bond acceptors (Lipinski definition) is 4. The molecule has 1 N–H and O–H groups in total. The zero-order valence-corrected chi connectivity index (χ0v) is 16.5. The van der Waals surface area contributed by atoms with E-state index < -0.39 is 0 Å². The number of rotatable bonds is 6. The minimum Gasteiger partial charge on any atom is -0.381 e. The van der Waals surface area contributed by atoms with E-state index in [2.05, 4.69) is 10.2 Å². The number of hydrogen-bond donors (Lipinski definition) is 1. The fourth-order valence-electron chi connectivity index (χ4n) is 4.08. The highest BCUT2D eigenvalue weighted by molar-refractivity contribution is 5.84. The molecular formula is C19H34N4O3. The molecule has 3 amide bonds. The van der Waals surface area contributed by atoms with Gasteiger partial charge >= 0.3 is 6.03 Å². The lowest BCUT2D eigenvalue weighted by Crippen LogP contribution is -2.50. The van der Waals surface area contributed by atoms with Gasteiger partial charge in [0.05, 0.1) is 0 Å². The van der Waals surface area contributed by atoms with Gasteiger partial charge in [0.2, 0.25) is 5.91 Å². The molecule has 0 spiro atoms. The molecule has 1 saturated carbocycles. The predicted octanol–water partition coefficient (Wildman–Crippen LogP) is 1.14. The van der Waals surface area contributed by atoms with Gasteiger partial charge in [-0.25, -0.2) is 4.79 Å². The van der Waals surface area contributed by atoms with E-state index in [0.29, 0.717) is 18.6 Å². The molecule has 0 aromatic heterocycles. The van der Waals surface area contributed by atoms with E-state index in [1.54, 1.807) is 19.0 Å². The summed E-state index contributed by atoms with van der Waals surface area (Å²) in [5, 5.41) is 3.13. The van der Waals surface area contributed by atoms with Crippen molar-refractivity contribution >= 4 is 11.9 Å². The Morgan fingerprint density at radius 2 is 1.85 bits per heavy atom. The number of ether oxygens (including phenoxy) is 1. The molecule has 1 atom stereocenters. The molecule has 7 heteroatoms. The summed E-state index contributed by atoms with van der Waals surface area (Å²) in [6.07, 6.45) is 5.08. The number of nitrogens with zero attached hydrogens (tertiary/aromatic N) is 3. The number of amides is 3. The topological polar surface area (TPSA) is 65.1 Å². The van der Waals surface area contributed by atoms with Crippen LogP contribution in [0.15, 0.2) is 0 Å². The third-order valence-corrected chi connectivity index (χ3v) is 6.15. The zero-order chi connectivity index (χ0) is 18.7. The predicted molar refractivity (Wildman–Crippen MR) is 100.0 cm³/mol. The van der Waals surface area contributed by atoms with Crippen molar-refractivity contribution in [2.45, 2.75) is 51.1 Å². The Morgan fingerprint density at radius 3 is 2.46 bits per heavy atom. The van der Waals surface area contributed by atoms with Gasteiger partial charge in [-0.05, 0) is 32.1 Å². The van der Waals surface area contributed by atoms with Crippen LogP contribution in [0.5, 0.6) is 0 Å². The lowest BCUT2D eigenvalue weighted by atomic mass is 10.0. The number of nitrogens with one attached hydrogen (secondary N) is 1. The first kappa shape index (κ1) is 19.4. The highest BCUT2D eigenvalue weighted by atomic mass is 16.5. The standard InChI is InChI=1S/C19H34N4O3/c1-19(7-8-19)17(24)20-9-11-23(15-5-12-26-13-6-15)16-4-10-22(14-16)18(25)21(2)3/h15-16H,4-14H2,1-3H3,(H,20,24). The Balaban J connectivity index is 1.56. The van der Waals surface area contributed by atoms with E-state index in [-0.39, 0.29) is 17.4 Å². The molecule has 0 radical (unpaired) electrons. The Bertz CT molecular complexity index is 515. The van der Waals surface area contributed by atoms with Crippen LogP contribution in [0, 0.1) is 5.41 Å². The minimum absolute atomic E-state index is 0.0920. The molecule has 0 aromatic carbocycles. The van der Waals surface area contributed by atoms with Crippen LogP contribution in [0.1, 0.15) is 39.0 Å².